The van der Waals surface area contributed by atoms with Gasteiger partial charge in [0, 0.05) is 72.2 Å². The van der Waals surface area contributed by atoms with Crippen LogP contribution in [0.25, 0.3) is 10.4 Å². The average molecular weight is 1120 g/mol. The monoisotopic (exact) mass is 1120 g/mol. The molecule has 31 nitrogen and oxygen atoms in total. The lowest BCUT2D eigenvalue weighted by Gasteiger charge is -2.45. The van der Waals surface area contributed by atoms with E-state index in [1.807, 2.05) is 0 Å². The lowest BCUT2D eigenvalue weighted by atomic mass is 9.97. The number of nitrogens with zero attached hydrogens (tertiary/aromatic N) is 6. The maximum absolute atomic E-state index is 13.8. The minimum absolute atomic E-state index is 0.0481. The van der Waals surface area contributed by atoms with Crippen LogP contribution in [0, 0.1) is 0 Å². The number of aryl methyl sites for hydroxylation is 1. The van der Waals surface area contributed by atoms with Crippen molar-refractivity contribution in [2.45, 2.75) is 103 Å². The van der Waals surface area contributed by atoms with Gasteiger partial charge in [0.05, 0.1) is 60.4 Å². The zero-order valence-corrected chi connectivity index (χ0v) is 44.2. The van der Waals surface area contributed by atoms with Gasteiger partial charge in [0.2, 0.25) is 12.4 Å². The summed E-state index contributed by atoms with van der Waals surface area (Å²) in [4.78, 5) is 106. The minimum atomic E-state index is -4.80. The topological polar surface area (TPSA) is 370 Å². The number of benzene rings is 1. The number of carbonyl (C=O) groups excluding carboxylic acids is 8. The summed E-state index contributed by atoms with van der Waals surface area (Å²) >= 11 is 0. The van der Waals surface area contributed by atoms with Gasteiger partial charge in [-0.05, 0) is 23.7 Å². The smallest absolute Gasteiger partial charge is 0.467 e. The lowest BCUT2D eigenvalue weighted by Crippen LogP contribution is -2.65. The molecule has 4 rings (SSSR count). The summed E-state index contributed by atoms with van der Waals surface area (Å²) < 4.78 is 114. The van der Waals surface area contributed by atoms with Crippen LogP contribution in [0.1, 0.15) is 51.9 Å². The quantitative estimate of drug-likeness (QED) is 0.0198. The van der Waals surface area contributed by atoms with E-state index in [-0.39, 0.29) is 58.3 Å². The molecular formula is C45H61N6O25S+. The Kier molecular flexibility index (Phi) is 24.2. The van der Waals surface area contributed by atoms with Crippen LogP contribution in [-0.2, 0) is 112 Å². The van der Waals surface area contributed by atoms with Gasteiger partial charge in [-0.25, -0.2) is 9.36 Å². The third kappa shape index (κ3) is 19.1. The van der Waals surface area contributed by atoms with Crippen molar-refractivity contribution in [2.75, 3.05) is 73.5 Å². The van der Waals surface area contributed by atoms with E-state index in [9.17, 15) is 46.8 Å². The number of azide groups is 1. The summed E-state index contributed by atoms with van der Waals surface area (Å²) in [5.74, 6) is -8.94. The highest BCUT2D eigenvalue weighted by molar-refractivity contribution is 7.85. The molecule has 0 bridgehead atoms. The number of hydrogen-bond donors (Lipinski definition) is 0. The molecule has 1 aromatic heterocycles. The Bertz CT molecular complexity index is 2560. The van der Waals surface area contributed by atoms with Crippen molar-refractivity contribution in [3.63, 3.8) is 0 Å². The maximum atomic E-state index is 13.8. The Balaban J connectivity index is 1.72. The van der Waals surface area contributed by atoms with Gasteiger partial charge in [-0.2, -0.15) is 0 Å². The summed E-state index contributed by atoms with van der Waals surface area (Å²) in [6.07, 6.45) is -14.7. The Morgan fingerprint density at radius 2 is 1.22 bits per heavy atom. The van der Waals surface area contributed by atoms with E-state index in [1.54, 1.807) is 0 Å². The van der Waals surface area contributed by atoms with Gasteiger partial charge in [0.25, 0.3) is 12.2 Å². The van der Waals surface area contributed by atoms with E-state index in [0.717, 1.165) is 73.3 Å². The van der Waals surface area contributed by atoms with Crippen LogP contribution in [0.4, 0.5) is 0 Å². The number of amides is 1. The van der Waals surface area contributed by atoms with E-state index in [4.69, 9.17) is 76.0 Å². The first-order valence-corrected chi connectivity index (χ1v) is 24.6. The van der Waals surface area contributed by atoms with Gasteiger partial charge in [0.15, 0.2) is 60.6 Å². The predicted octanol–water partition coefficient (Wildman–Crippen LogP) is -0.475. The molecule has 0 saturated carbocycles. The highest BCUT2D eigenvalue weighted by Gasteiger charge is 2.57. The number of aromatic nitrogens is 2. The second-order valence-corrected chi connectivity index (χ2v) is 18.0. The summed E-state index contributed by atoms with van der Waals surface area (Å²) in [5, 5.41) is 3.36. The second-order valence-electron chi connectivity index (χ2n) is 16.5. The van der Waals surface area contributed by atoms with E-state index in [0.29, 0.717) is 3.97 Å². The van der Waals surface area contributed by atoms with Gasteiger partial charge in [-0.3, -0.25) is 33.6 Å². The van der Waals surface area contributed by atoms with Gasteiger partial charge in [0.1, 0.15) is 12.3 Å². The number of esters is 7. The highest BCUT2D eigenvalue weighted by Crippen LogP contribution is 2.37. The normalized spacial score (nSPS) is 22.9. The average Bonchev–Trinajstić information content (AvgIpc) is 3.81. The maximum Gasteiger partial charge on any atom is 0.491 e. The lowest BCUT2D eigenvalue weighted by molar-refractivity contribution is -0.670. The van der Waals surface area contributed by atoms with Crippen molar-refractivity contribution in [3.8, 4) is 11.5 Å². The van der Waals surface area contributed by atoms with Gasteiger partial charge in [-0.1, -0.05) is 9.09 Å². The number of likely N-dealkylation sites (N-methyl/N-ethyl adjacent to an activating group) is 1. The molecule has 1 aromatic carbocycles. The van der Waals surface area contributed by atoms with Crippen LogP contribution in [-0.4, -0.2) is 200 Å². The van der Waals surface area contributed by atoms with Gasteiger partial charge >= 0.3 is 52.1 Å². The second kappa shape index (κ2) is 29.9. The SMILES string of the molecule is COC(=O)[C@H]1O[C@@H](OC[C@H]2O[C@@H](Oc3ccc(C(=O)N(C)CCOCCOCCOCCN=[N+]=[N-])cc3OS(=O)(=O)n3cc[n+](C)c3)[C@H](OC(C)=O)[C@@H](OC(C)=O)[C@H]2OC(C)=O)[C@H](OC(C)=O)[C@@H](OC(C)=O)[C@@H]1OC(C)=O. The van der Waals surface area contributed by atoms with Crippen LogP contribution < -0.4 is 13.5 Å². The molecule has 0 spiro atoms. The van der Waals surface area contributed by atoms with E-state index >= 15 is 0 Å². The molecule has 426 valence electrons. The Labute approximate surface area is 440 Å². The van der Waals surface area contributed by atoms with E-state index in [1.165, 1.54) is 35.8 Å². The zero-order valence-electron chi connectivity index (χ0n) is 43.4. The number of methoxy groups -OCH3 is 1. The highest BCUT2D eigenvalue weighted by atomic mass is 32.2. The third-order valence-electron chi connectivity index (χ3n) is 10.4. The molecular weight excluding hydrogens is 1060 g/mol. The standard InChI is InChI=1S/C45H61N6O25S/c1-25(52)67-35-34(23-66-44-40(71-29(5)56)38(70-28(4)55)37(69-27(3)54)39(75-44)43(59)62-9)74-45(41(72-30(6)57)36(35)68-26(2)53)73-32-11-10-31(22-33(32)76-77(60,61)51-14-13-49(7)24-51)42(58)50(8)15-17-64-19-21-65-20-18-63-16-12-47-48-46/h10-11,13-14,22,24,34-41,44-45H,12,15-21,23H2,1-9H3/q+1/t34-,35+,36+,37+,38+,39+,40-,41-,44-,45-/m1/s1. The fraction of sp³-hybridized carbons (Fsp3) is 0.622. The Morgan fingerprint density at radius 3 is 1.77 bits per heavy atom. The minimum Gasteiger partial charge on any atom is -0.467 e. The summed E-state index contributed by atoms with van der Waals surface area (Å²) in [5.41, 5.74) is 8.18. The summed E-state index contributed by atoms with van der Waals surface area (Å²) in [7, 11) is -0.849. The van der Waals surface area contributed by atoms with E-state index in [2.05, 4.69) is 10.0 Å². The van der Waals surface area contributed by atoms with Crippen LogP contribution in [0.3, 0.4) is 0 Å². The van der Waals surface area contributed by atoms with Crippen LogP contribution >= 0.6 is 0 Å². The number of carbonyl (C=O) groups is 8. The fourth-order valence-corrected chi connectivity index (χ4v) is 8.26. The molecule has 2 aliphatic rings. The number of imidazole rings is 1. The van der Waals surface area contributed by atoms with Gasteiger partial charge < -0.3 is 75.4 Å². The molecule has 1 amide bonds. The van der Waals surface area contributed by atoms with Crippen molar-refractivity contribution < 1.29 is 122 Å². The fourth-order valence-electron chi connectivity index (χ4n) is 7.35. The molecule has 10 atom stereocenters. The van der Waals surface area contributed by atoms with E-state index < -0.39 is 138 Å². The van der Waals surface area contributed by atoms with Crippen LogP contribution in [0.5, 0.6) is 11.5 Å². The van der Waals surface area contributed by atoms with Crippen LogP contribution in [0.2, 0.25) is 0 Å². The molecule has 2 saturated heterocycles. The first-order chi connectivity index (χ1) is 36.4. The first-order valence-electron chi connectivity index (χ1n) is 23.3. The molecule has 3 heterocycles. The molecule has 2 fully saturated rings. The molecule has 32 heteroatoms. The van der Waals surface area contributed by atoms with Crippen molar-refractivity contribution in [3.05, 3.63) is 52.9 Å². The van der Waals surface area contributed by atoms with Crippen molar-refractivity contribution in [1.82, 2.24) is 8.87 Å². The molecule has 77 heavy (non-hydrogen) atoms. The molecule has 2 aromatic rings. The summed E-state index contributed by atoms with van der Waals surface area (Å²) in [6, 6.07) is 3.39. The third-order valence-corrected chi connectivity index (χ3v) is 11.6. The van der Waals surface area contributed by atoms with Crippen molar-refractivity contribution >= 4 is 58.0 Å². The van der Waals surface area contributed by atoms with Crippen molar-refractivity contribution in [2.24, 2.45) is 12.2 Å². The predicted molar refractivity (Wildman–Crippen MR) is 250 cm³/mol. The molecule has 0 aliphatic carbocycles. The Morgan fingerprint density at radius 1 is 0.701 bits per heavy atom. The van der Waals surface area contributed by atoms with Crippen LogP contribution in [0.15, 0.2) is 42.0 Å². The van der Waals surface area contributed by atoms with Gasteiger partial charge in [-0.15, -0.1) is 8.42 Å². The number of rotatable bonds is 28. The Hall–Kier alpha value is -7.19. The molecule has 0 N–H and O–H groups in total. The number of ether oxygens (including phenoxy) is 14. The molecule has 2 aliphatic heterocycles. The van der Waals surface area contributed by atoms with Crippen molar-refractivity contribution in [1.29, 1.82) is 0 Å². The number of hydrogen-bond acceptors (Lipinski definition) is 26. The zero-order chi connectivity index (χ0) is 57.0. The largest absolute Gasteiger partial charge is 0.491 e. The first kappa shape index (κ1) is 62.4. The summed E-state index contributed by atoms with van der Waals surface area (Å²) in [6.45, 7) is 6.37. The molecule has 0 radical (unpaired) electrons. The molecule has 0 unspecified atom stereocenters.